The summed E-state index contributed by atoms with van der Waals surface area (Å²) in [5.41, 5.74) is 2.42. The molecule has 8 heteroatoms. The van der Waals surface area contributed by atoms with Gasteiger partial charge in [0.1, 0.15) is 29.5 Å². The van der Waals surface area contributed by atoms with Gasteiger partial charge in [0.15, 0.2) is 0 Å². The lowest BCUT2D eigenvalue weighted by Crippen LogP contribution is -2.34. The van der Waals surface area contributed by atoms with Crippen molar-refractivity contribution in [3.8, 4) is 17.2 Å². The smallest absolute Gasteiger partial charge is 0.143 e. The number of aromatic hydroxyl groups is 2. The van der Waals surface area contributed by atoms with Crippen LogP contribution >= 0.6 is 0 Å². The first-order valence-electron chi connectivity index (χ1n) is 14.5. The van der Waals surface area contributed by atoms with Gasteiger partial charge in [-0.05, 0) is 16.7 Å². The Balaban J connectivity index is 1.09. The molecule has 4 aromatic rings. The lowest BCUT2D eigenvalue weighted by molar-refractivity contribution is -0.0386. The Morgan fingerprint density at radius 3 is 1.16 bits per heavy atom. The van der Waals surface area contributed by atoms with Gasteiger partial charge in [0, 0.05) is 18.2 Å². The fourth-order valence-corrected chi connectivity index (χ4v) is 4.65. The van der Waals surface area contributed by atoms with E-state index in [4.69, 9.17) is 28.4 Å². The van der Waals surface area contributed by atoms with E-state index in [1.54, 1.807) is 0 Å². The minimum absolute atomic E-state index is 0.0559. The molecule has 0 aromatic heterocycles. The lowest BCUT2D eigenvalue weighted by Gasteiger charge is -2.36. The quantitative estimate of drug-likeness (QED) is 0.103. The molecule has 0 saturated carbocycles. The number of phenols is 2. The topological polar surface area (TPSA) is 95.8 Å². The normalized spacial score (nSPS) is 11.4. The number of phenolic OH excluding ortho intramolecular Hbond substituents is 2. The summed E-state index contributed by atoms with van der Waals surface area (Å²) in [6.45, 7) is 4.20. The first-order chi connectivity index (χ1) is 21.2. The zero-order valence-electron chi connectivity index (χ0n) is 24.3. The molecule has 228 valence electrons. The Hall–Kier alpha value is -3.92. The summed E-state index contributed by atoms with van der Waals surface area (Å²) in [5, 5.41) is 18.9. The second-order valence-electron chi connectivity index (χ2n) is 9.61. The maximum Gasteiger partial charge on any atom is 0.143 e. The molecule has 0 spiro atoms. The number of ether oxygens (including phenoxy) is 6. The van der Waals surface area contributed by atoms with Crippen molar-refractivity contribution in [1.82, 2.24) is 0 Å². The molecule has 0 saturated heterocycles. The Morgan fingerprint density at radius 2 is 0.767 bits per heavy atom. The predicted molar refractivity (Wildman–Crippen MR) is 164 cm³/mol. The fourth-order valence-electron chi connectivity index (χ4n) is 4.65. The summed E-state index contributed by atoms with van der Waals surface area (Å²) in [6.07, 6.45) is 0. The highest BCUT2D eigenvalue weighted by molar-refractivity contribution is 5.47. The van der Waals surface area contributed by atoms with Gasteiger partial charge in [0.05, 0.1) is 59.5 Å². The Labute approximate surface area is 253 Å². The van der Waals surface area contributed by atoms with Gasteiger partial charge in [-0.2, -0.15) is 0 Å². The highest BCUT2D eigenvalue weighted by Gasteiger charge is 2.37. The summed E-state index contributed by atoms with van der Waals surface area (Å²) in [7, 11) is 0. The summed E-state index contributed by atoms with van der Waals surface area (Å²) in [5.74, 6) is 0.269. The SMILES string of the molecule is Oc1cc(O)cc(OCCOCCOCCOCCOCCOC(c2ccccc2)(c2ccccc2)c2ccccc2)c1. The molecule has 0 unspecified atom stereocenters. The van der Waals surface area contributed by atoms with Crippen molar-refractivity contribution >= 4 is 0 Å². The van der Waals surface area contributed by atoms with E-state index in [0.717, 1.165) is 16.7 Å². The molecular weight excluding hydrogens is 548 g/mol. The first kappa shape index (κ1) is 32.0. The predicted octanol–water partition coefficient (Wildman–Crippen LogP) is 5.55. The number of hydrogen-bond donors (Lipinski definition) is 2. The maximum absolute atomic E-state index is 9.44. The minimum Gasteiger partial charge on any atom is -0.508 e. The largest absolute Gasteiger partial charge is 0.508 e. The Bertz CT molecular complexity index is 1180. The van der Waals surface area contributed by atoms with Crippen LogP contribution < -0.4 is 4.74 Å². The molecule has 4 rings (SSSR count). The molecule has 0 heterocycles. The van der Waals surface area contributed by atoms with Gasteiger partial charge in [-0.25, -0.2) is 0 Å². The lowest BCUT2D eigenvalue weighted by atomic mass is 9.80. The van der Waals surface area contributed by atoms with E-state index < -0.39 is 5.60 Å². The van der Waals surface area contributed by atoms with Crippen LogP contribution in [0.15, 0.2) is 109 Å². The Morgan fingerprint density at radius 1 is 0.419 bits per heavy atom. The van der Waals surface area contributed by atoms with Gasteiger partial charge in [-0.3, -0.25) is 0 Å². The van der Waals surface area contributed by atoms with Crippen molar-refractivity contribution in [2.24, 2.45) is 0 Å². The summed E-state index contributed by atoms with van der Waals surface area (Å²) in [6, 6.07) is 34.9. The van der Waals surface area contributed by atoms with Crippen molar-refractivity contribution in [1.29, 1.82) is 0 Å². The van der Waals surface area contributed by atoms with E-state index in [2.05, 4.69) is 36.4 Å². The zero-order valence-corrected chi connectivity index (χ0v) is 24.3. The van der Waals surface area contributed by atoms with E-state index in [9.17, 15) is 10.2 Å². The van der Waals surface area contributed by atoms with Gasteiger partial charge in [0.2, 0.25) is 0 Å². The standard InChI is InChI=1S/C35H40O8/c36-32-26-33(37)28-34(27-32)42-24-22-40-20-18-38-16-17-39-19-21-41-23-25-43-35(29-10-4-1-5-11-29,30-12-6-2-7-13-30)31-14-8-3-9-15-31/h1-15,26-28,36-37H,16-25H2. The number of benzene rings is 4. The summed E-state index contributed by atoms with van der Waals surface area (Å²) in [4.78, 5) is 0. The van der Waals surface area contributed by atoms with E-state index >= 15 is 0 Å². The highest BCUT2D eigenvalue weighted by atomic mass is 16.6. The number of hydrogen-bond acceptors (Lipinski definition) is 8. The van der Waals surface area contributed by atoms with Crippen molar-refractivity contribution < 1.29 is 38.6 Å². The molecule has 0 aliphatic heterocycles. The van der Waals surface area contributed by atoms with Crippen molar-refractivity contribution in [2.45, 2.75) is 5.60 Å². The third-order valence-electron chi connectivity index (χ3n) is 6.58. The van der Waals surface area contributed by atoms with Gasteiger partial charge >= 0.3 is 0 Å². The fraction of sp³-hybridized carbons (Fsp3) is 0.314. The van der Waals surface area contributed by atoms with Gasteiger partial charge in [-0.15, -0.1) is 0 Å². The summed E-state index contributed by atoms with van der Waals surface area (Å²) >= 11 is 0. The summed E-state index contributed by atoms with van der Waals surface area (Å²) < 4.78 is 34.5. The van der Waals surface area contributed by atoms with E-state index in [-0.39, 0.29) is 11.5 Å². The van der Waals surface area contributed by atoms with Gasteiger partial charge < -0.3 is 38.6 Å². The molecular formula is C35H40O8. The molecule has 8 nitrogen and oxygen atoms in total. The third kappa shape index (κ3) is 10.1. The van der Waals surface area contributed by atoms with Crippen LogP contribution in [-0.4, -0.2) is 76.3 Å². The third-order valence-corrected chi connectivity index (χ3v) is 6.58. The molecule has 0 fully saturated rings. The average Bonchev–Trinajstić information content (AvgIpc) is 3.03. The van der Waals surface area contributed by atoms with Crippen LogP contribution in [0.25, 0.3) is 0 Å². The van der Waals surface area contributed by atoms with Crippen molar-refractivity contribution in [3.05, 3.63) is 126 Å². The molecule has 2 N–H and O–H groups in total. The second-order valence-corrected chi connectivity index (χ2v) is 9.61. The van der Waals surface area contributed by atoms with Crippen molar-refractivity contribution in [3.63, 3.8) is 0 Å². The molecule has 0 aliphatic rings. The van der Waals surface area contributed by atoms with Crippen LogP contribution in [0.3, 0.4) is 0 Å². The number of rotatable bonds is 20. The Kier molecular flexibility index (Phi) is 13.3. The van der Waals surface area contributed by atoms with E-state index in [0.29, 0.717) is 71.8 Å². The molecule has 0 atom stereocenters. The zero-order chi connectivity index (χ0) is 30.0. The van der Waals surface area contributed by atoms with Crippen LogP contribution in [0.1, 0.15) is 16.7 Å². The highest BCUT2D eigenvalue weighted by Crippen LogP contribution is 2.40. The van der Waals surface area contributed by atoms with Crippen LogP contribution in [0.5, 0.6) is 17.2 Å². The first-order valence-corrected chi connectivity index (χ1v) is 14.5. The van der Waals surface area contributed by atoms with Gasteiger partial charge in [0.25, 0.3) is 0 Å². The second kappa shape index (κ2) is 17.9. The van der Waals surface area contributed by atoms with E-state index in [1.807, 2.05) is 54.6 Å². The van der Waals surface area contributed by atoms with Crippen LogP contribution in [0, 0.1) is 0 Å². The van der Waals surface area contributed by atoms with Crippen LogP contribution in [0.2, 0.25) is 0 Å². The monoisotopic (exact) mass is 588 g/mol. The molecule has 0 bridgehead atoms. The molecule has 43 heavy (non-hydrogen) atoms. The molecule has 0 radical (unpaired) electrons. The molecule has 0 amide bonds. The minimum atomic E-state index is -0.756. The van der Waals surface area contributed by atoms with Crippen molar-refractivity contribution in [2.75, 3.05) is 66.1 Å². The molecule has 4 aromatic carbocycles. The maximum atomic E-state index is 9.44. The van der Waals surface area contributed by atoms with Gasteiger partial charge in [-0.1, -0.05) is 91.0 Å². The van der Waals surface area contributed by atoms with Crippen LogP contribution in [0.4, 0.5) is 0 Å². The molecule has 0 aliphatic carbocycles. The van der Waals surface area contributed by atoms with Crippen LogP contribution in [-0.2, 0) is 29.3 Å². The van der Waals surface area contributed by atoms with E-state index in [1.165, 1.54) is 18.2 Å². The average molecular weight is 589 g/mol.